The third-order valence-corrected chi connectivity index (χ3v) is 5.74. The first-order valence-corrected chi connectivity index (χ1v) is 10.5. The Kier molecular flexibility index (Phi) is 6.39. The van der Waals surface area contributed by atoms with E-state index < -0.39 is 12.1 Å². The van der Waals surface area contributed by atoms with E-state index in [1.807, 2.05) is 24.3 Å². The zero-order chi connectivity index (χ0) is 21.8. The highest BCUT2D eigenvalue weighted by Gasteiger charge is 2.25. The first kappa shape index (κ1) is 21.1. The van der Waals surface area contributed by atoms with E-state index in [9.17, 15) is 10.1 Å². The summed E-state index contributed by atoms with van der Waals surface area (Å²) in [5.41, 5.74) is 4.03. The van der Waals surface area contributed by atoms with Gasteiger partial charge in [-0.25, -0.2) is 0 Å². The molecule has 2 aliphatic rings. The fraction of sp³-hybridized carbons (Fsp3) is 0.348. The number of rotatable bonds is 4. The van der Waals surface area contributed by atoms with Gasteiger partial charge in [0.2, 0.25) is 0 Å². The van der Waals surface area contributed by atoms with Gasteiger partial charge in [-0.05, 0) is 53.9 Å². The van der Waals surface area contributed by atoms with E-state index in [1.165, 1.54) is 0 Å². The first-order chi connectivity index (χ1) is 15.1. The Labute approximate surface area is 185 Å². The van der Waals surface area contributed by atoms with Gasteiger partial charge in [-0.3, -0.25) is 4.79 Å². The average Bonchev–Trinajstić information content (AvgIpc) is 3.08. The maximum absolute atomic E-state index is 12.5. The number of benzene rings is 2. The lowest BCUT2D eigenvalue weighted by Gasteiger charge is -2.23. The summed E-state index contributed by atoms with van der Waals surface area (Å²) in [6.45, 7) is 2.08. The summed E-state index contributed by atoms with van der Waals surface area (Å²) in [6.07, 6.45) is 0.477. The average molecular weight is 437 g/mol. The standard InChI is InChI=1S/C23H21ClN4O3/c24-20-9-19-18-3-2-14(10-25)6-16(18)13-31-21(19)8-15(20)7-17(11-26)28-23(29)22-12-27-4-1-5-30-22/h2-3,6,8-9,17,22,27H,1,4-5,7,12-13H2,(H,28,29)/t17?,22-/m0/s1. The van der Waals surface area contributed by atoms with Crippen LogP contribution in [0.1, 0.15) is 23.1 Å². The van der Waals surface area contributed by atoms with Gasteiger partial charge in [-0.15, -0.1) is 0 Å². The molecule has 8 heteroatoms. The molecule has 1 amide bonds. The molecular weight excluding hydrogens is 416 g/mol. The molecule has 2 atom stereocenters. The third kappa shape index (κ3) is 4.65. The molecule has 1 saturated heterocycles. The molecule has 0 aromatic heterocycles. The van der Waals surface area contributed by atoms with Gasteiger partial charge < -0.3 is 20.1 Å². The minimum absolute atomic E-state index is 0.248. The lowest BCUT2D eigenvalue weighted by Crippen LogP contribution is -2.46. The smallest absolute Gasteiger partial charge is 0.251 e. The van der Waals surface area contributed by atoms with Crippen molar-refractivity contribution >= 4 is 17.5 Å². The molecule has 0 saturated carbocycles. The Balaban J connectivity index is 1.52. The predicted molar refractivity (Wildman–Crippen MR) is 114 cm³/mol. The van der Waals surface area contributed by atoms with Crippen molar-refractivity contribution in [3.63, 3.8) is 0 Å². The summed E-state index contributed by atoms with van der Waals surface area (Å²) in [7, 11) is 0. The molecule has 0 aliphatic carbocycles. The SMILES string of the molecule is N#Cc1ccc2c(c1)COc1cc(CC(C#N)NC(=O)[C@@H]3CNCCCO3)c(Cl)cc1-2. The van der Waals surface area contributed by atoms with Crippen molar-refractivity contribution in [2.24, 2.45) is 0 Å². The monoisotopic (exact) mass is 436 g/mol. The van der Waals surface area contributed by atoms with E-state index in [0.717, 1.165) is 29.7 Å². The second kappa shape index (κ2) is 9.36. The summed E-state index contributed by atoms with van der Waals surface area (Å²) in [5.74, 6) is 0.351. The van der Waals surface area contributed by atoms with Crippen LogP contribution in [-0.2, 0) is 22.6 Å². The van der Waals surface area contributed by atoms with E-state index in [1.54, 1.807) is 6.07 Å². The number of amides is 1. The van der Waals surface area contributed by atoms with Gasteiger partial charge in [-0.1, -0.05) is 17.7 Å². The van der Waals surface area contributed by atoms with Crippen LogP contribution in [-0.4, -0.2) is 37.7 Å². The zero-order valence-corrected chi connectivity index (χ0v) is 17.5. The molecule has 2 heterocycles. The summed E-state index contributed by atoms with van der Waals surface area (Å²) in [6, 6.07) is 12.6. The van der Waals surface area contributed by atoms with Gasteiger partial charge in [-0.2, -0.15) is 10.5 Å². The van der Waals surface area contributed by atoms with Gasteiger partial charge in [0.05, 0.1) is 17.7 Å². The number of nitrogens with zero attached hydrogens (tertiary/aromatic N) is 2. The number of nitrogens with one attached hydrogen (secondary N) is 2. The highest BCUT2D eigenvalue weighted by Crippen LogP contribution is 2.41. The number of hydrogen-bond donors (Lipinski definition) is 2. The molecule has 1 unspecified atom stereocenters. The molecule has 7 nitrogen and oxygen atoms in total. The van der Waals surface area contributed by atoms with Gasteiger partial charge in [0.1, 0.15) is 24.5 Å². The Morgan fingerprint density at radius 3 is 2.97 bits per heavy atom. The van der Waals surface area contributed by atoms with E-state index in [2.05, 4.69) is 22.8 Å². The van der Waals surface area contributed by atoms with Gasteiger partial charge in [0.25, 0.3) is 5.91 Å². The molecule has 2 aliphatic heterocycles. The fourth-order valence-electron chi connectivity index (χ4n) is 3.78. The van der Waals surface area contributed by atoms with Crippen molar-refractivity contribution in [2.45, 2.75) is 31.6 Å². The number of hydrogen-bond acceptors (Lipinski definition) is 6. The second-order valence-electron chi connectivity index (χ2n) is 7.52. The predicted octanol–water partition coefficient (Wildman–Crippen LogP) is 2.70. The third-order valence-electron chi connectivity index (χ3n) is 5.39. The minimum atomic E-state index is -0.746. The molecule has 1 fully saturated rings. The molecular formula is C23H21ClN4O3. The van der Waals surface area contributed by atoms with Crippen LogP contribution >= 0.6 is 11.6 Å². The molecule has 0 bridgehead atoms. The van der Waals surface area contributed by atoms with Crippen molar-refractivity contribution in [1.29, 1.82) is 10.5 Å². The van der Waals surface area contributed by atoms with Crippen molar-refractivity contribution in [1.82, 2.24) is 10.6 Å². The van der Waals surface area contributed by atoms with Gasteiger partial charge in [0, 0.05) is 30.2 Å². The largest absolute Gasteiger partial charge is 0.488 e. The number of carbonyl (C=O) groups excluding carboxylic acids is 1. The van der Waals surface area contributed by atoms with E-state index in [-0.39, 0.29) is 12.3 Å². The highest BCUT2D eigenvalue weighted by atomic mass is 35.5. The zero-order valence-electron chi connectivity index (χ0n) is 16.8. The number of ether oxygens (including phenoxy) is 2. The molecule has 2 N–H and O–H groups in total. The normalized spacial score (nSPS) is 18.2. The van der Waals surface area contributed by atoms with Crippen molar-refractivity contribution in [3.8, 4) is 29.0 Å². The Bertz CT molecular complexity index is 1080. The van der Waals surface area contributed by atoms with Crippen LogP contribution in [0, 0.1) is 22.7 Å². The first-order valence-electron chi connectivity index (χ1n) is 10.1. The summed E-state index contributed by atoms with van der Waals surface area (Å²) >= 11 is 6.53. The topological polar surface area (TPSA) is 107 Å². The Morgan fingerprint density at radius 1 is 1.29 bits per heavy atom. The molecule has 2 aromatic carbocycles. The Hall–Kier alpha value is -3.10. The quantitative estimate of drug-likeness (QED) is 0.763. The van der Waals surface area contributed by atoms with Crippen LogP contribution < -0.4 is 15.4 Å². The number of halogens is 1. The van der Waals surface area contributed by atoms with Crippen LogP contribution in [0.2, 0.25) is 5.02 Å². The number of fused-ring (bicyclic) bond motifs is 3. The highest BCUT2D eigenvalue weighted by molar-refractivity contribution is 6.31. The minimum Gasteiger partial charge on any atom is -0.488 e. The van der Waals surface area contributed by atoms with Gasteiger partial charge >= 0.3 is 0 Å². The molecule has 158 valence electrons. The van der Waals surface area contributed by atoms with Crippen molar-refractivity contribution in [2.75, 3.05) is 19.7 Å². The van der Waals surface area contributed by atoms with E-state index in [0.29, 0.717) is 41.7 Å². The number of carbonyl (C=O) groups is 1. The molecule has 2 aromatic rings. The van der Waals surface area contributed by atoms with Crippen LogP contribution in [0.25, 0.3) is 11.1 Å². The summed E-state index contributed by atoms with van der Waals surface area (Å²) < 4.78 is 11.4. The molecule has 0 radical (unpaired) electrons. The second-order valence-corrected chi connectivity index (χ2v) is 7.93. The van der Waals surface area contributed by atoms with Crippen LogP contribution in [0.5, 0.6) is 5.75 Å². The van der Waals surface area contributed by atoms with Crippen LogP contribution in [0.4, 0.5) is 0 Å². The van der Waals surface area contributed by atoms with E-state index in [4.69, 9.17) is 26.3 Å². The molecule has 4 rings (SSSR count). The van der Waals surface area contributed by atoms with Crippen molar-refractivity contribution in [3.05, 3.63) is 52.0 Å². The summed E-state index contributed by atoms with van der Waals surface area (Å²) in [5, 5.41) is 25.1. The van der Waals surface area contributed by atoms with Crippen LogP contribution in [0.3, 0.4) is 0 Å². The number of nitriles is 2. The maximum atomic E-state index is 12.5. The molecule has 0 spiro atoms. The maximum Gasteiger partial charge on any atom is 0.251 e. The fourth-order valence-corrected chi connectivity index (χ4v) is 4.02. The lowest BCUT2D eigenvalue weighted by molar-refractivity contribution is -0.132. The lowest BCUT2D eigenvalue weighted by atomic mass is 9.93. The van der Waals surface area contributed by atoms with Gasteiger partial charge in [0.15, 0.2) is 0 Å². The van der Waals surface area contributed by atoms with Crippen LogP contribution in [0.15, 0.2) is 30.3 Å². The summed E-state index contributed by atoms with van der Waals surface area (Å²) in [4.78, 5) is 12.5. The Morgan fingerprint density at radius 2 is 2.16 bits per heavy atom. The molecule has 31 heavy (non-hydrogen) atoms. The van der Waals surface area contributed by atoms with E-state index >= 15 is 0 Å². The van der Waals surface area contributed by atoms with Crippen molar-refractivity contribution < 1.29 is 14.3 Å².